The maximum atomic E-state index is 4.38. The summed E-state index contributed by atoms with van der Waals surface area (Å²) in [4.78, 5) is 4.38. The van der Waals surface area contributed by atoms with Gasteiger partial charge in [0.15, 0.2) is 0 Å². The van der Waals surface area contributed by atoms with Crippen LogP contribution in [0.15, 0.2) is 12.5 Å². The minimum Gasteiger partial charge on any atom is -0.331 e. The topological polar surface area (TPSA) is 29.9 Å². The summed E-state index contributed by atoms with van der Waals surface area (Å²) in [6.07, 6.45) is 9.12. The van der Waals surface area contributed by atoms with Crippen LogP contribution in [0.25, 0.3) is 0 Å². The molecule has 0 saturated carbocycles. The Hall–Kier alpha value is -0.830. The smallest absolute Gasteiger partial charge is 0.0950 e. The predicted molar refractivity (Wildman–Crippen MR) is 71.3 cm³/mol. The zero-order valence-corrected chi connectivity index (χ0v) is 11.4. The summed E-state index contributed by atoms with van der Waals surface area (Å²) in [5.41, 5.74) is 1.68. The third kappa shape index (κ3) is 2.54. The summed E-state index contributed by atoms with van der Waals surface area (Å²) in [6, 6.07) is 0.574. The van der Waals surface area contributed by atoms with Gasteiger partial charge in [-0.2, -0.15) is 0 Å². The van der Waals surface area contributed by atoms with Gasteiger partial charge in [0.05, 0.1) is 6.33 Å². The lowest BCUT2D eigenvalue weighted by atomic mass is 9.86. The van der Waals surface area contributed by atoms with Gasteiger partial charge >= 0.3 is 0 Å². The maximum absolute atomic E-state index is 4.38. The molecule has 96 valence electrons. The van der Waals surface area contributed by atoms with E-state index in [1.807, 2.05) is 6.33 Å². The average Bonchev–Trinajstić information content (AvgIpc) is 2.94. The minimum atomic E-state index is 0.275. The van der Waals surface area contributed by atoms with Crippen molar-refractivity contribution in [1.82, 2.24) is 14.9 Å². The molecule has 3 heteroatoms. The van der Waals surface area contributed by atoms with E-state index in [1.165, 1.54) is 31.4 Å². The van der Waals surface area contributed by atoms with Gasteiger partial charge < -0.3 is 9.88 Å². The van der Waals surface area contributed by atoms with E-state index >= 15 is 0 Å². The zero-order chi connectivity index (χ0) is 12.3. The standard InChI is InChI=1S/C14H25N3/c1-4-5-6-12(2)17-11-16-9-13(17)14(3)7-8-15-10-14/h9,11-12,15H,4-8,10H2,1-3H3. The highest BCUT2D eigenvalue weighted by Gasteiger charge is 2.33. The highest BCUT2D eigenvalue weighted by atomic mass is 15.1. The molecule has 2 atom stereocenters. The molecule has 17 heavy (non-hydrogen) atoms. The molecule has 0 radical (unpaired) electrons. The molecule has 0 spiro atoms. The fraction of sp³-hybridized carbons (Fsp3) is 0.786. The van der Waals surface area contributed by atoms with Gasteiger partial charge in [-0.1, -0.05) is 26.7 Å². The molecule has 0 aromatic carbocycles. The molecule has 1 aliphatic heterocycles. The van der Waals surface area contributed by atoms with Crippen molar-refractivity contribution in [2.45, 2.75) is 57.9 Å². The molecule has 1 aliphatic rings. The van der Waals surface area contributed by atoms with E-state index in [9.17, 15) is 0 Å². The highest BCUT2D eigenvalue weighted by Crippen LogP contribution is 2.32. The van der Waals surface area contributed by atoms with E-state index in [-0.39, 0.29) is 5.41 Å². The number of imidazole rings is 1. The Morgan fingerprint density at radius 1 is 1.59 bits per heavy atom. The van der Waals surface area contributed by atoms with Crippen molar-refractivity contribution in [2.24, 2.45) is 0 Å². The monoisotopic (exact) mass is 235 g/mol. The number of aromatic nitrogens is 2. The summed E-state index contributed by atoms with van der Waals surface area (Å²) < 4.78 is 2.39. The number of nitrogens with zero attached hydrogens (tertiary/aromatic N) is 2. The molecule has 3 nitrogen and oxygen atoms in total. The van der Waals surface area contributed by atoms with Crippen molar-refractivity contribution < 1.29 is 0 Å². The van der Waals surface area contributed by atoms with Gasteiger partial charge in [-0.15, -0.1) is 0 Å². The van der Waals surface area contributed by atoms with Gasteiger partial charge in [-0.05, 0) is 26.3 Å². The third-order valence-corrected chi connectivity index (χ3v) is 4.10. The Morgan fingerprint density at radius 2 is 2.41 bits per heavy atom. The molecule has 0 bridgehead atoms. The largest absolute Gasteiger partial charge is 0.331 e. The summed E-state index contributed by atoms with van der Waals surface area (Å²) in [6.45, 7) is 9.13. The number of unbranched alkanes of at least 4 members (excludes halogenated alkanes) is 1. The van der Waals surface area contributed by atoms with E-state index in [0.717, 1.165) is 13.1 Å². The second-order valence-corrected chi connectivity index (χ2v) is 5.66. The van der Waals surface area contributed by atoms with Crippen molar-refractivity contribution >= 4 is 0 Å². The van der Waals surface area contributed by atoms with Gasteiger partial charge in [0.2, 0.25) is 0 Å². The Labute approximate surface area is 105 Å². The van der Waals surface area contributed by atoms with E-state index in [4.69, 9.17) is 0 Å². The Kier molecular flexibility index (Phi) is 3.87. The van der Waals surface area contributed by atoms with Gasteiger partial charge in [-0.25, -0.2) is 4.98 Å². The maximum Gasteiger partial charge on any atom is 0.0950 e. The van der Waals surface area contributed by atoms with E-state index in [0.29, 0.717) is 6.04 Å². The molecular weight excluding hydrogens is 210 g/mol. The van der Waals surface area contributed by atoms with Crippen molar-refractivity contribution in [3.8, 4) is 0 Å². The van der Waals surface area contributed by atoms with Crippen LogP contribution >= 0.6 is 0 Å². The molecule has 2 unspecified atom stereocenters. The number of hydrogen-bond acceptors (Lipinski definition) is 2. The van der Waals surface area contributed by atoms with Gasteiger partial charge in [0.1, 0.15) is 0 Å². The van der Waals surface area contributed by atoms with E-state index in [1.54, 1.807) is 0 Å². The second-order valence-electron chi connectivity index (χ2n) is 5.66. The first kappa shape index (κ1) is 12.6. The summed E-state index contributed by atoms with van der Waals surface area (Å²) >= 11 is 0. The van der Waals surface area contributed by atoms with Crippen molar-refractivity contribution in [3.63, 3.8) is 0 Å². The average molecular weight is 235 g/mol. The van der Waals surface area contributed by atoms with Crippen molar-refractivity contribution in [3.05, 3.63) is 18.2 Å². The van der Waals surface area contributed by atoms with Crippen LogP contribution in [0.5, 0.6) is 0 Å². The Bertz CT molecular complexity index is 350. The van der Waals surface area contributed by atoms with Crippen molar-refractivity contribution in [2.75, 3.05) is 13.1 Å². The number of hydrogen-bond donors (Lipinski definition) is 1. The molecule has 2 rings (SSSR count). The molecule has 1 aromatic rings. The van der Waals surface area contributed by atoms with Crippen LogP contribution in [0, 0.1) is 0 Å². The summed E-state index contributed by atoms with van der Waals surface area (Å²) in [5.74, 6) is 0. The van der Waals surface area contributed by atoms with Gasteiger partial charge in [0, 0.05) is 29.9 Å². The first-order valence-corrected chi connectivity index (χ1v) is 6.90. The first-order chi connectivity index (χ1) is 8.17. The molecule has 1 aromatic heterocycles. The Morgan fingerprint density at radius 3 is 3.06 bits per heavy atom. The van der Waals surface area contributed by atoms with Crippen LogP contribution < -0.4 is 5.32 Å². The lowest BCUT2D eigenvalue weighted by molar-refractivity contribution is 0.415. The lowest BCUT2D eigenvalue weighted by Gasteiger charge is -2.27. The van der Waals surface area contributed by atoms with E-state index in [2.05, 4.69) is 41.8 Å². The summed E-state index contributed by atoms with van der Waals surface area (Å²) in [5, 5.41) is 3.47. The predicted octanol–water partition coefficient (Wildman–Crippen LogP) is 2.89. The molecule has 0 aliphatic carbocycles. The molecule has 1 N–H and O–H groups in total. The zero-order valence-electron chi connectivity index (χ0n) is 11.4. The van der Waals surface area contributed by atoms with Crippen molar-refractivity contribution in [1.29, 1.82) is 0 Å². The fourth-order valence-corrected chi connectivity index (χ4v) is 2.80. The van der Waals surface area contributed by atoms with Crippen LogP contribution in [-0.4, -0.2) is 22.6 Å². The van der Waals surface area contributed by atoms with Crippen LogP contribution in [0.2, 0.25) is 0 Å². The van der Waals surface area contributed by atoms with Crippen LogP contribution in [0.4, 0.5) is 0 Å². The number of rotatable bonds is 5. The second kappa shape index (κ2) is 5.21. The van der Waals surface area contributed by atoms with Gasteiger partial charge in [-0.3, -0.25) is 0 Å². The van der Waals surface area contributed by atoms with Crippen LogP contribution in [-0.2, 0) is 5.41 Å². The first-order valence-electron chi connectivity index (χ1n) is 6.90. The van der Waals surface area contributed by atoms with E-state index < -0.39 is 0 Å². The van der Waals surface area contributed by atoms with Gasteiger partial charge in [0.25, 0.3) is 0 Å². The minimum absolute atomic E-state index is 0.275. The van der Waals surface area contributed by atoms with Crippen LogP contribution in [0.1, 0.15) is 58.2 Å². The molecule has 2 heterocycles. The number of nitrogens with one attached hydrogen (secondary N) is 1. The fourth-order valence-electron chi connectivity index (χ4n) is 2.80. The molecular formula is C14H25N3. The highest BCUT2D eigenvalue weighted by molar-refractivity contribution is 5.18. The molecule has 1 fully saturated rings. The third-order valence-electron chi connectivity index (χ3n) is 4.10. The molecule has 0 amide bonds. The Balaban J connectivity index is 2.16. The summed E-state index contributed by atoms with van der Waals surface area (Å²) in [7, 11) is 0. The quantitative estimate of drug-likeness (QED) is 0.850. The lowest BCUT2D eigenvalue weighted by Crippen LogP contribution is -2.28. The molecule has 1 saturated heterocycles. The SMILES string of the molecule is CCCCC(C)n1cncc1C1(C)CCNC1. The van der Waals surface area contributed by atoms with Crippen LogP contribution in [0.3, 0.4) is 0 Å². The normalized spacial score (nSPS) is 26.3.